The Balaban J connectivity index is 1.86. The molecule has 31 heavy (non-hydrogen) atoms. The fraction of sp³-hybridized carbons (Fsp3) is 0.0909. The smallest absolute Gasteiger partial charge is 0.337 e. The van der Waals surface area contributed by atoms with Crippen molar-refractivity contribution >= 4 is 18.1 Å². The first-order valence-corrected chi connectivity index (χ1v) is 9.07. The number of carbonyl (C=O) groups excluding carboxylic acids is 2. The van der Waals surface area contributed by atoms with Crippen molar-refractivity contribution in [1.82, 2.24) is 15.2 Å². The van der Waals surface area contributed by atoms with Crippen LogP contribution in [0.25, 0.3) is 5.69 Å². The highest BCUT2D eigenvalue weighted by atomic mass is 16.5. The number of para-hydroxylation sites is 1. The van der Waals surface area contributed by atoms with E-state index < -0.39 is 17.4 Å². The summed E-state index contributed by atoms with van der Waals surface area (Å²) in [4.78, 5) is 36.7. The molecule has 2 aromatic carbocycles. The summed E-state index contributed by atoms with van der Waals surface area (Å²) < 4.78 is 5.64. The lowest BCUT2D eigenvalue weighted by Gasteiger charge is -2.10. The standard InChI is InChI=1S/C22H17N5O4/c1-14-18(12-23)21(29)27(17-6-4-3-5-7-17)26-19(14)20(28)25-24-13-15-8-10-16(11-9-15)22(30)31-2/h3-11,13H,1-2H3,(H,25,28)/b24-13-. The second-order valence-electron chi connectivity index (χ2n) is 6.33. The van der Waals surface area contributed by atoms with Crippen molar-refractivity contribution in [2.45, 2.75) is 6.92 Å². The fourth-order valence-corrected chi connectivity index (χ4v) is 2.74. The van der Waals surface area contributed by atoms with Crippen molar-refractivity contribution in [3.8, 4) is 11.8 Å². The van der Waals surface area contributed by atoms with E-state index in [1.54, 1.807) is 54.6 Å². The minimum absolute atomic E-state index is 0.0989. The summed E-state index contributed by atoms with van der Waals surface area (Å²) in [6.07, 6.45) is 1.38. The van der Waals surface area contributed by atoms with E-state index in [0.29, 0.717) is 16.8 Å². The van der Waals surface area contributed by atoms with E-state index >= 15 is 0 Å². The Morgan fingerprint density at radius 1 is 1.16 bits per heavy atom. The van der Waals surface area contributed by atoms with Crippen LogP contribution < -0.4 is 11.0 Å². The number of carbonyl (C=O) groups is 2. The maximum Gasteiger partial charge on any atom is 0.337 e. The molecule has 3 rings (SSSR count). The Morgan fingerprint density at radius 2 is 1.84 bits per heavy atom. The third-order valence-electron chi connectivity index (χ3n) is 4.38. The number of hydrazone groups is 1. The molecule has 1 N–H and O–H groups in total. The van der Waals surface area contributed by atoms with Gasteiger partial charge in [0.15, 0.2) is 5.69 Å². The van der Waals surface area contributed by atoms with E-state index in [9.17, 15) is 19.6 Å². The van der Waals surface area contributed by atoms with Crippen LogP contribution in [0.1, 0.15) is 37.5 Å². The maximum absolute atomic E-state index is 12.6. The summed E-state index contributed by atoms with van der Waals surface area (Å²) in [5, 5.41) is 17.4. The number of aromatic nitrogens is 2. The molecule has 0 fully saturated rings. The van der Waals surface area contributed by atoms with E-state index in [2.05, 4.69) is 20.4 Å². The Morgan fingerprint density at radius 3 is 2.45 bits per heavy atom. The highest BCUT2D eigenvalue weighted by molar-refractivity contribution is 5.95. The highest BCUT2D eigenvalue weighted by Gasteiger charge is 2.20. The first-order chi connectivity index (χ1) is 15.0. The topological polar surface area (TPSA) is 126 Å². The molecule has 0 aliphatic heterocycles. The molecule has 1 heterocycles. The third-order valence-corrected chi connectivity index (χ3v) is 4.38. The van der Waals surface area contributed by atoms with Gasteiger partial charge in [0, 0.05) is 5.56 Å². The Bertz CT molecular complexity index is 1260. The second kappa shape index (κ2) is 9.28. The zero-order valence-corrected chi connectivity index (χ0v) is 16.7. The SMILES string of the molecule is COC(=O)c1ccc(/C=N\NC(=O)c2nn(-c3ccccc3)c(=O)c(C#N)c2C)cc1. The fourth-order valence-electron chi connectivity index (χ4n) is 2.74. The maximum atomic E-state index is 12.6. The minimum atomic E-state index is -0.680. The van der Waals surface area contributed by atoms with Gasteiger partial charge in [-0.05, 0) is 36.8 Å². The summed E-state index contributed by atoms with van der Waals surface area (Å²) in [7, 11) is 1.29. The van der Waals surface area contributed by atoms with Gasteiger partial charge in [-0.2, -0.15) is 20.1 Å². The number of nitrogens with zero attached hydrogens (tertiary/aromatic N) is 4. The third kappa shape index (κ3) is 4.54. The summed E-state index contributed by atoms with van der Waals surface area (Å²) in [6, 6.07) is 16.7. The summed E-state index contributed by atoms with van der Waals surface area (Å²) >= 11 is 0. The van der Waals surface area contributed by atoms with Gasteiger partial charge < -0.3 is 4.74 Å². The number of hydrogen-bond acceptors (Lipinski definition) is 7. The molecule has 9 heteroatoms. The quantitative estimate of drug-likeness (QED) is 0.386. The largest absolute Gasteiger partial charge is 0.465 e. The Hall–Kier alpha value is -4.58. The molecule has 0 spiro atoms. The molecule has 0 radical (unpaired) electrons. The first-order valence-electron chi connectivity index (χ1n) is 9.07. The molecule has 0 aliphatic rings. The molecule has 1 aromatic heterocycles. The van der Waals surface area contributed by atoms with Crippen LogP contribution in [0.15, 0.2) is 64.5 Å². The summed E-state index contributed by atoms with van der Waals surface area (Å²) in [5.74, 6) is -1.14. The number of hydrogen-bond donors (Lipinski definition) is 1. The predicted molar refractivity (Wildman–Crippen MR) is 112 cm³/mol. The predicted octanol–water partition coefficient (Wildman–Crippen LogP) is 1.96. The average Bonchev–Trinajstić information content (AvgIpc) is 2.80. The molecule has 0 aliphatic carbocycles. The normalized spacial score (nSPS) is 10.5. The van der Waals surface area contributed by atoms with Crippen LogP contribution in [0.4, 0.5) is 0 Å². The lowest BCUT2D eigenvalue weighted by atomic mass is 10.1. The average molecular weight is 415 g/mol. The van der Waals surface area contributed by atoms with Gasteiger partial charge in [-0.3, -0.25) is 9.59 Å². The molecule has 0 bridgehead atoms. The van der Waals surface area contributed by atoms with Gasteiger partial charge in [0.2, 0.25) is 0 Å². The second-order valence-corrected chi connectivity index (χ2v) is 6.33. The Kier molecular flexibility index (Phi) is 6.33. The van der Waals surface area contributed by atoms with E-state index in [1.165, 1.54) is 20.2 Å². The minimum Gasteiger partial charge on any atom is -0.465 e. The molecule has 1 amide bonds. The number of nitriles is 1. The molecule has 154 valence electrons. The van der Waals surface area contributed by atoms with Crippen molar-refractivity contribution < 1.29 is 14.3 Å². The van der Waals surface area contributed by atoms with Gasteiger partial charge in [0.05, 0.1) is 24.6 Å². The number of ether oxygens (including phenoxy) is 1. The number of nitrogens with one attached hydrogen (secondary N) is 1. The lowest BCUT2D eigenvalue weighted by molar-refractivity contribution is 0.0600. The number of rotatable bonds is 5. The van der Waals surface area contributed by atoms with Crippen LogP contribution >= 0.6 is 0 Å². The monoisotopic (exact) mass is 415 g/mol. The highest BCUT2D eigenvalue weighted by Crippen LogP contribution is 2.10. The number of benzene rings is 2. The van der Waals surface area contributed by atoms with Crippen molar-refractivity contribution in [1.29, 1.82) is 5.26 Å². The van der Waals surface area contributed by atoms with Gasteiger partial charge in [0.1, 0.15) is 11.6 Å². The summed E-state index contributed by atoms with van der Waals surface area (Å²) in [6.45, 7) is 1.48. The van der Waals surface area contributed by atoms with Gasteiger partial charge in [0.25, 0.3) is 11.5 Å². The first kappa shape index (κ1) is 21.1. The van der Waals surface area contributed by atoms with Crippen molar-refractivity contribution in [3.05, 3.63) is 92.9 Å². The van der Waals surface area contributed by atoms with Crippen LogP contribution in [-0.2, 0) is 4.74 Å². The van der Waals surface area contributed by atoms with Crippen molar-refractivity contribution in [2.75, 3.05) is 7.11 Å². The van der Waals surface area contributed by atoms with E-state index in [-0.39, 0.29) is 16.8 Å². The van der Waals surface area contributed by atoms with Gasteiger partial charge in [-0.15, -0.1) is 0 Å². The molecule has 0 saturated heterocycles. The number of methoxy groups -OCH3 is 1. The zero-order chi connectivity index (χ0) is 22.4. The Labute approximate surface area is 177 Å². The molecule has 0 unspecified atom stereocenters. The van der Waals surface area contributed by atoms with Crippen molar-refractivity contribution in [3.63, 3.8) is 0 Å². The molecule has 9 nitrogen and oxygen atoms in total. The molecular formula is C22H17N5O4. The van der Waals surface area contributed by atoms with E-state index in [1.807, 2.05) is 6.07 Å². The van der Waals surface area contributed by atoms with Crippen LogP contribution in [-0.4, -0.2) is 35.0 Å². The van der Waals surface area contributed by atoms with Crippen LogP contribution in [0.3, 0.4) is 0 Å². The molecule has 0 atom stereocenters. The number of amides is 1. The van der Waals surface area contributed by atoms with Crippen LogP contribution in [0.5, 0.6) is 0 Å². The van der Waals surface area contributed by atoms with Gasteiger partial charge in [-0.1, -0.05) is 30.3 Å². The van der Waals surface area contributed by atoms with Crippen LogP contribution in [0.2, 0.25) is 0 Å². The zero-order valence-electron chi connectivity index (χ0n) is 16.7. The van der Waals surface area contributed by atoms with E-state index in [4.69, 9.17) is 0 Å². The molecular weight excluding hydrogens is 398 g/mol. The number of esters is 1. The van der Waals surface area contributed by atoms with Gasteiger partial charge >= 0.3 is 5.97 Å². The van der Waals surface area contributed by atoms with E-state index in [0.717, 1.165) is 4.68 Å². The summed E-state index contributed by atoms with van der Waals surface area (Å²) in [5.41, 5.74) is 3.05. The van der Waals surface area contributed by atoms with Crippen molar-refractivity contribution in [2.24, 2.45) is 5.10 Å². The lowest BCUT2D eigenvalue weighted by Crippen LogP contribution is -2.31. The molecule has 3 aromatic rings. The molecule has 0 saturated carbocycles. The van der Waals surface area contributed by atoms with Crippen LogP contribution in [0, 0.1) is 18.3 Å². The van der Waals surface area contributed by atoms with Gasteiger partial charge in [-0.25, -0.2) is 10.2 Å².